The first-order valence-electron chi connectivity index (χ1n) is 25.7. The maximum absolute atomic E-state index is 6.71. The van der Waals surface area contributed by atoms with Crippen LogP contribution in [0.15, 0.2) is 174 Å². The van der Waals surface area contributed by atoms with E-state index < -0.39 is 0 Å². The highest BCUT2D eigenvalue weighted by Crippen LogP contribution is 2.53. The molecular weight excluding hydrogens is 876 g/mol. The zero-order valence-electron chi connectivity index (χ0n) is 42.4. The molecule has 0 atom stereocenters. The van der Waals surface area contributed by atoms with Gasteiger partial charge in [0.1, 0.15) is 11.2 Å². The second kappa shape index (κ2) is 13.9. The maximum Gasteiger partial charge on any atom is 0.252 e. The van der Waals surface area contributed by atoms with E-state index in [1.54, 1.807) is 0 Å². The van der Waals surface area contributed by atoms with Crippen LogP contribution >= 0.6 is 0 Å². The van der Waals surface area contributed by atoms with E-state index in [1.165, 1.54) is 111 Å². The zero-order chi connectivity index (χ0) is 48.9. The summed E-state index contributed by atoms with van der Waals surface area (Å²) in [5.74, 6) is 0. The van der Waals surface area contributed by atoms with Gasteiger partial charge in [-0.2, -0.15) is 0 Å². The molecule has 3 aliphatic rings. The Morgan fingerprint density at radius 3 is 1.68 bits per heavy atom. The van der Waals surface area contributed by atoms with Crippen LogP contribution in [-0.4, -0.2) is 15.8 Å². The van der Waals surface area contributed by atoms with Crippen molar-refractivity contribution >= 4 is 123 Å². The van der Waals surface area contributed by atoms with Crippen molar-refractivity contribution in [3.8, 4) is 11.4 Å². The summed E-state index contributed by atoms with van der Waals surface area (Å²) in [4.78, 5) is 5.18. The van der Waals surface area contributed by atoms with Gasteiger partial charge in [-0.25, -0.2) is 0 Å². The van der Waals surface area contributed by atoms with Gasteiger partial charge >= 0.3 is 0 Å². The smallest absolute Gasteiger partial charge is 0.252 e. The Bertz CT molecular complexity index is 4300. The predicted octanol–water partition coefficient (Wildman–Crippen LogP) is 16.1. The molecule has 15 rings (SSSR count). The molecule has 9 aromatic carbocycles. The van der Waals surface area contributed by atoms with Crippen molar-refractivity contribution < 1.29 is 4.42 Å². The van der Waals surface area contributed by atoms with Gasteiger partial charge in [-0.05, 0) is 134 Å². The maximum atomic E-state index is 6.71. The summed E-state index contributed by atoms with van der Waals surface area (Å²) in [7, 11) is 0. The molecule has 348 valence electrons. The summed E-state index contributed by atoms with van der Waals surface area (Å²) in [6.07, 6.45) is 0. The molecule has 5 nitrogen and oxygen atoms in total. The Balaban J connectivity index is 1.06. The molecule has 0 fully saturated rings. The predicted molar refractivity (Wildman–Crippen MR) is 306 cm³/mol. The van der Waals surface area contributed by atoms with E-state index in [2.05, 4.69) is 251 Å². The van der Waals surface area contributed by atoms with E-state index >= 15 is 0 Å². The minimum atomic E-state index is -0.158. The summed E-state index contributed by atoms with van der Waals surface area (Å²) < 4.78 is 11.8. The first kappa shape index (κ1) is 41.8. The van der Waals surface area contributed by atoms with Crippen LogP contribution in [0.1, 0.15) is 79.0 Å². The molecule has 0 saturated carbocycles. The fourth-order valence-electron chi connectivity index (χ4n) is 12.8. The molecule has 0 unspecified atom stereocenters. The van der Waals surface area contributed by atoms with E-state index in [1.807, 2.05) is 0 Å². The van der Waals surface area contributed by atoms with E-state index in [9.17, 15) is 0 Å². The lowest BCUT2D eigenvalue weighted by Gasteiger charge is -2.46. The molecule has 0 spiro atoms. The lowest BCUT2D eigenvalue weighted by Crippen LogP contribution is -2.62. The molecular formula is C66H55BN4O. The number of rotatable bonds is 2. The summed E-state index contributed by atoms with van der Waals surface area (Å²) >= 11 is 0. The Morgan fingerprint density at radius 2 is 0.958 bits per heavy atom. The number of fused-ring (bicyclic) bond motifs is 15. The first-order valence-corrected chi connectivity index (χ1v) is 25.7. The third kappa shape index (κ3) is 5.55. The molecule has 3 aromatic heterocycles. The van der Waals surface area contributed by atoms with Gasteiger partial charge in [-0.1, -0.05) is 141 Å². The molecule has 0 radical (unpaired) electrons. The third-order valence-electron chi connectivity index (χ3n) is 16.5. The van der Waals surface area contributed by atoms with Crippen LogP contribution in [0, 0.1) is 0 Å². The van der Waals surface area contributed by atoms with Crippen LogP contribution in [-0.2, 0) is 16.2 Å². The fraction of sp³-hybridized carbons (Fsp3) is 0.182. The number of nitrogens with zero attached hydrogens (tertiary/aromatic N) is 4. The Hall–Kier alpha value is -7.96. The number of furan rings is 1. The van der Waals surface area contributed by atoms with Crippen molar-refractivity contribution in [1.82, 2.24) is 9.13 Å². The molecule has 12 aromatic rings. The van der Waals surface area contributed by atoms with Crippen molar-refractivity contribution in [2.75, 3.05) is 9.80 Å². The molecule has 0 amide bonds. The van der Waals surface area contributed by atoms with E-state index in [-0.39, 0.29) is 23.0 Å². The van der Waals surface area contributed by atoms with Gasteiger partial charge in [-0.3, -0.25) is 0 Å². The molecule has 0 N–H and O–H groups in total. The number of benzene rings is 9. The minimum absolute atomic E-state index is 0.00437. The van der Waals surface area contributed by atoms with Gasteiger partial charge in [0.15, 0.2) is 0 Å². The number of anilines is 6. The Morgan fingerprint density at radius 1 is 0.361 bits per heavy atom. The highest BCUT2D eigenvalue weighted by Gasteiger charge is 2.47. The van der Waals surface area contributed by atoms with Gasteiger partial charge in [0.05, 0.1) is 39.1 Å². The molecule has 0 bridgehead atoms. The molecule has 0 saturated heterocycles. The van der Waals surface area contributed by atoms with Gasteiger partial charge in [0.25, 0.3) is 6.71 Å². The summed E-state index contributed by atoms with van der Waals surface area (Å²) in [5, 5.41) is 7.37. The van der Waals surface area contributed by atoms with Gasteiger partial charge in [0.2, 0.25) is 0 Å². The van der Waals surface area contributed by atoms with Crippen LogP contribution in [0.5, 0.6) is 0 Å². The molecule has 72 heavy (non-hydrogen) atoms. The number of aromatic nitrogens is 2. The van der Waals surface area contributed by atoms with Gasteiger partial charge in [0, 0.05) is 66.8 Å². The van der Waals surface area contributed by atoms with Crippen molar-refractivity contribution in [3.63, 3.8) is 0 Å². The summed E-state index contributed by atoms with van der Waals surface area (Å²) in [5.41, 5.74) is 23.9. The number of hydrogen-bond acceptors (Lipinski definition) is 3. The van der Waals surface area contributed by atoms with Crippen LogP contribution in [0.2, 0.25) is 0 Å². The number of hydrogen-bond donors (Lipinski definition) is 0. The monoisotopic (exact) mass is 930 g/mol. The van der Waals surface area contributed by atoms with Crippen molar-refractivity contribution in [2.24, 2.45) is 0 Å². The molecule has 6 heterocycles. The standard InChI is InChI=1S/C66H55BN4O/c1-64(2,3)38-24-30-52-47(32-38)48-33-39(65(4,5)6)25-31-53(48)68(52)41-27-29-49-56(36-41)69(42-26-28-45-44-17-11-13-23-59(44)72-60(45)37-42)57-34-40(66(7,8)9)35-58-61(57)67(49)50-19-15-22-55-63(50)71(58)54-21-14-18-46-43-16-10-12-20-51(43)70(55)62(46)54/h10-37H,1-9H3. The van der Waals surface area contributed by atoms with Crippen molar-refractivity contribution in [3.05, 3.63) is 187 Å². The third-order valence-corrected chi connectivity index (χ3v) is 16.5. The van der Waals surface area contributed by atoms with Gasteiger partial charge < -0.3 is 23.4 Å². The highest BCUT2D eigenvalue weighted by atomic mass is 16.3. The summed E-state index contributed by atoms with van der Waals surface area (Å²) in [6.45, 7) is 20.9. The average Bonchev–Trinajstić information content (AvgIpc) is 4.02. The largest absolute Gasteiger partial charge is 0.456 e. The minimum Gasteiger partial charge on any atom is -0.456 e. The lowest BCUT2D eigenvalue weighted by molar-refractivity contribution is 0.590. The molecule has 0 aliphatic carbocycles. The Kier molecular flexibility index (Phi) is 8.08. The second-order valence-electron chi connectivity index (χ2n) is 23.8. The topological polar surface area (TPSA) is 29.5 Å². The quantitative estimate of drug-likeness (QED) is 0.162. The van der Waals surface area contributed by atoms with Crippen molar-refractivity contribution in [2.45, 2.75) is 78.6 Å². The molecule has 3 aliphatic heterocycles. The second-order valence-corrected chi connectivity index (χ2v) is 23.8. The van der Waals surface area contributed by atoms with Crippen LogP contribution in [0.3, 0.4) is 0 Å². The van der Waals surface area contributed by atoms with E-state index in [4.69, 9.17) is 4.42 Å². The van der Waals surface area contributed by atoms with E-state index in [0.29, 0.717) is 0 Å². The molecule has 6 heteroatoms. The number of para-hydroxylation sites is 4. The average molecular weight is 931 g/mol. The Labute approximate surface area is 420 Å². The highest BCUT2D eigenvalue weighted by molar-refractivity contribution is 7.00. The first-order chi connectivity index (χ1) is 34.6. The van der Waals surface area contributed by atoms with Crippen LogP contribution < -0.4 is 26.2 Å². The summed E-state index contributed by atoms with van der Waals surface area (Å²) in [6, 6.07) is 64.8. The fourth-order valence-corrected chi connectivity index (χ4v) is 12.8. The zero-order valence-corrected chi connectivity index (χ0v) is 42.4. The SMILES string of the molecule is CC(C)(C)c1cc2c3c(c1)N1c4c(cccc4-n4c5ccccc5c5cccc1c54)B3c1ccc(-n3c4ccc(C(C)(C)C)cc4c4cc(C(C)(C)C)ccc43)cc1N2c1ccc2c(c1)oc1ccccc12. The van der Waals surface area contributed by atoms with E-state index in [0.717, 1.165) is 33.3 Å². The van der Waals surface area contributed by atoms with Crippen LogP contribution in [0.4, 0.5) is 34.1 Å². The van der Waals surface area contributed by atoms with Crippen molar-refractivity contribution in [1.29, 1.82) is 0 Å². The van der Waals surface area contributed by atoms with Crippen LogP contribution in [0.25, 0.3) is 76.9 Å². The lowest BCUT2D eigenvalue weighted by atomic mass is 9.33. The van der Waals surface area contributed by atoms with Gasteiger partial charge in [-0.15, -0.1) is 0 Å². The normalized spacial score (nSPS) is 14.1.